The average Bonchev–Trinajstić information content (AvgIpc) is 2.25. The number of carbonyl (C=O) groups is 2. The highest BCUT2D eigenvalue weighted by molar-refractivity contribution is 5.89. The second-order valence-corrected chi connectivity index (χ2v) is 4.32. The van der Waals surface area contributed by atoms with Gasteiger partial charge in [0.2, 0.25) is 11.8 Å². The number of nitrogens with two attached hydrogens (primary N) is 1. The van der Waals surface area contributed by atoms with Crippen LogP contribution in [-0.2, 0) is 9.59 Å². The summed E-state index contributed by atoms with van der Waals surface area (Å²) in [5.41, 5.74) is 5.59. The Bertz CT molecular complexity index is 241. The third-order valence-electron chi connectivity index (χ3n) is 2.36. The molecular formula is C11H23N3O2. The third kappa shape index (κ3) is 5.11. The molecule has 0 bridgehead atoms. The van der Waals surface area contributed by atoms with Crippen molar-refractivity contribution in [2.75, 3.05) is 7.05 Å². The van der Waals surface area contributed by atoms with Crippen LogP contribution in [0.4, 0.5) is 0 Å². The molecule has 0 radical (unpaired) electrons. The summed E-state index contributed by atoms with van der Waals surface area (Å²) in [6, 6.07) is -1.03. The highest BCUT2D eigenvalue weighted by atomic mass is 16.2. The van der Waals surface area contributed by atoms with E-state index in [4.69, 9.17) is 5.73 Å². The Hall–Kier alpha value is -1.10. The molecule has 0 aromatic carbocycles. The fourth-order valence-electron chi connectivity index (χ4n) is 1.34. The number of hydrogen-bond donors (Lipinski definition) is 3. The van der Waals surface area contributed by atoms with E-state index in [1.807, 2.05) is 20.8 Å². The molecule has 5 nitrogen and oxygen atoms in total. The van der Waals surface area contributed by atoms with Crippen molar-refractivity contribution in [1.82, 2.24) is 10.6 Å². The lowest BCUT2D eigenvalue weighted by Gasteiger charge is -2.20. The molecule has 4 N–H and O–H groups in total. The lowest BCUT2D eigenvalue weighted by Crippen LogP contribution is -2.51. The molecule has 0 heterocycles. The molecule has 0 saturated carbocycles. The SMILES string of the molecule is CC[C@H](N)C(=O)NC(CC(C)C)C(=O)NC. The molecule has 0 aliphatic carbocycles. The van der Waals surface area contributed by atoms with Gasteiger partial charge in [-0.1, -0.05) is 20.8 Å². The maximum atomic E-state index is 11.6. The van der Waals surface area contributed by atoms with Crippen molar-refractivity contribution < 1.29 is 9.59 Å². The molecular weight excluding hydrogens is 206 g/mol. The maximum absolute atomic E-state index is 11.6. The van der Waals surface area contributed by atoms with Crippen LogP contribution in [0, 0.1) is 5.92 Å². The minimum Gasteiger partial charge on any atom is -0.357 e. The first-order valence-corrected chi connectivity index (χ1v) is 5.69. The first-order chi connectivity index (χ1) is 7.42. The van der Waals surface area contributed by atoms with Gasteiger partial charge in [0.05, 0.1) is 6.04 Å². The van der Waals surface area contributed by atoms with Crippen molar-refractivity contribution in [3.63, 3.8) is 0 Å². The fraction of sp³-hybridized carbons (Fsp3) is 0.818. The number of likely N-dealkylation sites (N-methyl/N-ethyl adjacent to an activating group) is 1. The predicted molar refractivity (Wildman–Crippen MR) is 63.7 cm³/mol. The molecule has 0 saturated heterocycles. The van der Waals surface area contributed by atoms with Crippen LogP contribution in [0.15, 0.2) is 0 Å². The van der Waals surface area contributed by atoms with Gasteiger partial charge in [-0.3, -0.25) is 9.59 Å². The normalized spacial score (nSPS) is 14.4. The van der Waals surface area contributed by atoms with Gasteiger partial charge < -0.3 is 16.4 Å². The van der Waals surface area contributed by atoms with Crippen LogP contribution in [0.5, 0.6) is 0 Å². The van der Waals surface area contributed by atoms with Crippen LogP contribution >= 0.6 is 0 Å². The summed E-state index contributed by atoms with van der Waals surface area (Å²) in [5.74, 6) is -0.109. The van der Waals surface area contributed by atoms with E-state index in [1.54, 1.807) is 7.05 Å². The van der Waals surface area contributed by atoms with Gasteiger partial charge in [-0.2, -0.15) is 0 Å². The lowest BCUT2D eigenvalue weighted by molar-refractivity contribution is -0.129. The van der Waals surface area contributed by atoms with E-state index in [1.165, 1.54) is 0 Å². The van der Waals surface area contributed by atoms with Gasteiger partial charge in [0, 0.05) is 7.05 Å². The van der Waals surface area contributed by atoms with Gasteiger partial charge in [-0.05, 0) is 18.8 Å². The van der Waals surface area contributed by atoms with Crippen LogP contribution in [0.1, 0.15) is 33.6 Å². The average molecular weight is 229 g/mol. The van der Waals surface area contributed by atoms with Gasteiger partial charge in [-0.25, -0.2) is 0 Å². The van der Waals surface area contributed by atoms with Crippen LogP contribution in [0.3, 0.4) is 0 Å². The standard InChI is InChI=1S/C11H23N3O2/c1-5-8(12)10(15)14-9(6-7(2)3)11(16)13-4/h7-9H,5-6,12H2,1-4H3,(H,13,16)(H,14,15)/t8-,9?/m0/s1. The Labute approximate surface area is 97.2 Å². The number of amides is 2. The Morgan fingerprint density at radius 2 is 1.81 bits per heavy atom. The van der Waals surface area contributed by atoms with E-state index >= 15 is 0 Å². The summed E-state index contributed by atoms with van der Waals surface area (Å²) < 4.78 is 0. The molecule has 5 heteroatoms. The first-order valence-electron chi connectivity index (χ1n) is 5.69. The van der Waals surface area contributed by atoms with Gasteiger partial charge in [0.25, 0.3) is 0 Å². The van der Waals surface area contributed by atoms with E-state index in [2.05, 4.69) is 10.6 Å². The summed E-state index contributed by atoms with van der Waals surface area (Å²) in [5, 5.41) is 5.21. The second-order valence-electron chi connectivity index (χ2n) is 4.32. The molecule has 0 spiro atoms. The second kappa shape index (κ2) is 7.22. The van der Waals surface area contributed by atoms with Crippen molar-refractivity contribution >= 4 is 11.8 Å². The number of rotatable bonds is 6. The summed E-state index contributed by atoms with van der Waals surface area (Å²) >= 11 is 0. The number of carbonyl (C=O) groups excluding carboxylic acids is 2. The van der Waals surface area contributed by atoms with E-state index in [-0.39, 0.29) is 11.8 Å². The summed E-state index contributed by atoms with van der Waals surface area (Å²) in [6.45, 7) is 5.84. The van der Waals surface area contributed by atoms with Crippen molar-refractivity contribution in [3.8, 4) is 0 Å². The molecule has 2 atom stereocenters. The van der Waals surface area contributed by atoms with E-state index in [9.17, 15) is 9.59 Å². The zero-order valence-electron chi connectivity index (χ0n) is 10.5. The fourth-order valence-corrected chi connectivity index (χ4v) is 1.34. The summed E-state index contributed by atoms with van der Waals surface area (Å²) in [6.07, 6.45) is 1.18. The van der Waals surface area contributed by atoms with Gasteiger partial charge in [0.1, 0.15) is 6.04 Å². The Morgan fingerprint density at radius 3 is 2.19 bits per heavy atom. The molecule has 1 unspecified atom stereocenters. The maximum Gasteiger partial charge on any atom is 0.242 e. The van der Waals surface area contributed by atoms with Crippen molar-refractivity contribution in [2.45, 2.75) is 45.7 Å². The Kier molecular flexibility index (Phi) is 6.72. The Balaban J connectivity index is 4.42. The van der Waals surface area contributed by atoms with Crippen LogP contribution in [-0.4, -0.2) is 30.9 Å². The minimum absolute atomic E-state index is 0.176. The van der Waals surface area contributed by atoms with Crippen molar-refractivity contribution in [2.24, 2.45) is 11.7 Å². The number of nitrogens with one attached hydrogen (secondary N) is 2. The van der Waals surface area contributed by atoms with Crippen LogP contribution in [0.25, 0.3) is 0 Å². The van der Waals surface area contributed by atoms with Crippen LogP contribution in [0.2, 0.25) is 0 Å². The predicted octanol–water partition coefficient (Wildman–Crippen LogP) is 0.000600. The van der Waals surface area contributed by atoms with Crippen molar-refractivity contribution in [1.29, 1.82) is 0 Å². The van der Waals surface area contributed by atoms with Crippen molar-refractivity contribution in [3.05, 3.63) is 0 Å². The van der Waals surface area contributed by atoms with Gasteiger partial charge in [-0.15, -0.1) is 0 Å². The molecule has 2 amide bonds. The molecule has 0 aliphatic heterocycles. The molecule has 0 aliphatic rings. The largest absolute Gasteiger partial charge is 0.357 e. The quantitative estimate of drug-likeness (QED) is 0.599. The highest BCUT2D eigenvalue weighted by Crippen LogP contribution is 2.05. The molecule has 0 rings (SSSR count). The third-order valence-corrected chi connectivity index (χ3v) is 2.36. The Morgan fingerprint density at radius 1 is 1.25 bits per heavy atom. The summed E-state index contributed by atoms with van der Waals surface area (Å²) in [4.78, 5) is 23.1. The topological polar surface area (TPSA) is 84.2 Å². The van der Waals surface area contributed by atoms with Gasteiger partial charge in [0.15, 0.2) is 0 Å². The van der Waals surface area contributed by atoms with E-state index in [0.717, 1.165) is 0 Å². The zero-order chi connectivity index (χ0) is 12.7. The number of hydrogen-bond acceptors (Lipinski definition) is 3. The highest BCUT2D eigenvalue weighted by Gasteiger charge is 2.22. The lowest BCUT2D eigenvalue weighted by atomic mass is 10.0. The monoisotopic (exact) mass is 229 g/mol. The molecule has 0 aromatic rings. The zero-order valence-corrected chi connectivity index (χ0v) is 10.5. The smallest absolute Gasteiger partial charge is 0.242 e. The summed E-state index contributed by atoms with van der Waals surface area (Å²) in [7, 11) is 1.56. The van der Waals surface area contributed by atoms with Crippen LogP contribution < -0.4 is 16.4 Å². The minimum atomic E-state index is -0.542. The molecule has 0 aromatic heterocycles. The molecule has 0 fully saturated rings. The van der Waals surface area contributed by atoms with E-state index < -0.39 is 12.1 Å². The first kappa shape index (κ1) is 14.9. The van der Waals surface area contributed by atoms with E-state index in [0.29, 0.717) is 18.8 Å². The molecule has 16 heavy (non-hydrogen) atoms. The van der Waals surface area contributed by atoms with Gasteiger partial charge >= 0.3 is 0 Å². The molecule has 94 valence electrons.